The van der Waals surface area contributed by atoms with Crippen molar-refractivity contribution >= 4 is 17.6 Å². The Hall–Kier alpha value is -3.03. The van der Waals surface area contributed by atoms with Crippen LogP contribution in [0.2, 0.25) is 0 Å². The van der Waals surface area contributed by atoms with Gasteiger partial charge in [0.2, 0.25) is 0 Å². The van der Waals surface area contributed by atoms with Gasteiger partial charge in [0.15, 0.2) is 0 Å². The highest BCUT2D eigenvalue weighted by Crippen LogP contribution is 2.24. The molecule has 8 heteroatoms. The van der Waals surface area contributed by atoms with Gasteiger partial charge in [0.05, 0.1) is 16.2 Å². The number of nitro groups is 1. The van der Waals surface area contributed by atoms with Gasteiger partial charge >= 0.3 is 5.97 Å². The Kier molecular flexibility index (Phi) is 3.53. The second kappa shape index (κ2) is 5.16. The Balaban J connectivity index is 2.72. The fourth-order valence-corrected chi connectivity index (χ4v) is 2.04. The highest BCUT2D eigenvalue weighted by atomic mass is 16.6. The molecule has 0 saturated carbocycles. The third-order valence-electron chi connectivity index (χ3n) is 2.89. The molecule has 108 valence electrons. The zero-order chi connectivity index (χ0) is 15.7. The highest BCUT2D eigenvalue weighted by Gasteiger charge is 2.29. The number of carbonyl (C=O) groups is 2. The van der Waals surface area contributed by atoms with Crippen LogP contribution in [0, 0.1) is 24.0 Å². The highest BCUT2D eigenvalue weighted by molar-refractivity contribution is 6.08. The van der Waals surface area contributed by atoms with E-state index in [0.717, 1.165) is 16.8 Å². The number of aromatic carboxylic acids is 1. The lowest BCUT2D eigenvalue weighted by Gasteiger charge is -2.07. The zero-order valence-electron chi connectivity index (χ0n) is 11.2. The fraction of sp³-hybridized carbons (Fsp3) is 0.154. The molecular formula is C13H11N3O5. The first-order chi connectivity index (χ1) is 9.82. The molecule has 0 bridgehead atoms. The third-order valence-corrected chi connectivity index (χ3v) is 2.89. The molecule has 0 atom stereocenters. The topological polar surface area (TPSA) is 115 Å². The van der Waals surface area contributed by atoms with Gasteiger partial charge in [-0.3, -0.25) is 14.9 Å². The largest absolute Gasteiger partial charge is 0.478 e. The number of carbonyl (C=O) groups excluding carboxylic acids is 1. The summed E-state index contributed by atoms with van der Waals surface area (Å²) < 4.78 is 0.962. The van der Waals surface area contributed by atoms with Gasteiger partial charge in [0.1, 0.15) is 5.56 Å². The average Bonchev–Trinajstić information content (AvgIpc) is 2.75. The first-order valence-corrected chi connectivity index (χ1v) is 5.91. The molecule has 0 aliphatic heterocycles. The van der Waals surface area contributed by atoms with Crippen LogP contribution in [0.1, 0.15) is 32.1 Å². The normalized spacial score (nSPS) is 10.4. The molecule has 0 radical (unpaired) electrons. The van der Waals surface area contributed by atoms with Crippen LogP contribution in [0.4, 0.5) is 5.69 Å². The molecule has 1 N–H and O–H groups in total. The van der Waals surface area contributed by atoms with Crippen LogP contribution in [-0.2, 0) is 0 Å². The summed E-state index contributed by atoms with van der Waals surface area (Å²) in [6.07, 6.45) is 0. The lowest BCUT2D eigenvalue weighted by Crippen LogP contribution is -2.20. The first-order valence-electron chi connectivity index (χ1n) is 5.91. The van der Waals surface area contributed by atoms with Gasteiger partial charge in [-0.15, -0.1) is 0 Å². The summed E-state index contributed by atoms with van der Waals surface area (Å²) in [6.45, 7) is 3.27. The predicted octanol–water partition coefficient (Wildman–Crippen LogP) is 1.79. The molecule has 0 fully saturated rings. The molecule has 0 amide bonds. The van der Waals surface area contributed by atoms with Crippen LogP contribution >= 0.6 is 0 Å². The van der Waals surface area contributed by atoms with Crippen molar-refractivity contribution in [3.8, 4) is 0 Å². The van der Waals surface area contributed by atoms with Gasteiger partial charge in [0.25, 0.3) is 11.6 Å². The average molecular weight is 289 g/mol. The van der Waals surface area contributed by atoms with Crippen molar-refractivity contribution < 1.29 is 19.6 Å². The smallest absolute Gasteiger partial charge is 0.336 e. The number of nitrogens with zero attached hydrogens (tertiary/aromatic N) is 3. The molecule has 1 aromatic heterocycles. The summed E-state index contributed by atoms with van der Waals surface area (Å²) in [5.41, 5.74) is -0.460. The van der Waals surface area contributed by atoms with Crippen molar-refractivity contribution in [3.63, 3.8) is 0 Å². The molecule has 0 spiro atoms. The molecule has 1 aromatic carbocycles. The van der Waals surface area contributed by atoms with E-state index < -0.39 is 33.6 Å². The molecule has 0 aliphatic carbocycles. The minimum atomic E-state index is -1.41. The monoisotopic (exact) mass is 289 g/mol. The number of carboxylic acids is 1. The molecule has 0 unspecified atom stereocenters. The predicted molar refractivity (Wildman–Crippen MR) is 71.5 cm³/mol. The Morgan fingerprint density at radius 1 is 1.33 bits per heavy atom. The number of hydrogen-bond donors (Lipinski definition) is 1. The van der Waals surface area contributed by atoms with E-state index in [0.29, 0.717) is 11.4 Å². The quantitative estimate of drug-likeness (QED) is 0.680. The van der Waals surface area contributed by atoms with Gasteiger partial charge in [-0.1, -0.05) is 6.07 Å². The molecule has 1 heterocycles. The number of benzene rings is 1. The van der Waals surface area contributed by atoms with Crippen LogP contribution in [0.25, 0.3) is 0 Å². The van der Waals surface area contributed by atoms with Crippen LogP contribution in [-0.4, -0.2) is 31.7 Å². The SMILES string of the molecule is Cc1cc(C)n(C(=O)c2c(C(=O)O)cccc2[N+](=O)[O-])n1. The van der Waals surface area contributed by atoms with E-state index in [1.807, 2.05) is 0 Å². The summed E-state index contributed by atoms with van der Waals surface area (Å²) in [6, 6.07) is 5.08. The summed E-state index contributed by atoms with van der Waals surface area (Å²) in [7, 11) is 0. The number of rotatable bonds is 3. The fourth-order valence-electron chi connectivity index (χ4n) is 2.04. The standard InChI is InChI=1S/C13H11N3O5/c1-7-6-8(2)15(14-7)12(17)11-9(13(18)19)4-3-5-10(11)16(20)21/h3-6H,1-2H3,(H,18,19). The Morgan fingerprint density at radius 2 is 2.00 bits per heavy atom. The van der Waals surface area contributed by atoms with Crippen LogP contribution in [0.3, 0.4) is 0 Å². The van der Waals surface area contributed by atoms with Gasteiger partial charge in [-0.2, -0.15) is 5.10 Å². The first kappa shape index (κ1) is 14.4. The zero-order valence-corrected chi connectivity index (χ0v) is 11.2. The van der Waals surface area contributed by atoms with Crippen LogP contribution < -0.4 is 0 Å². The van der Waals surface area contributed by atoms with Crippen molar-refractivity contribution in [1.29, 1.82) is 0 Å². The molecule has 2 rings (SSSR count). The molecule has 21 heavy (non-hydrogen) atoms. The van der Waals surface area contributed by atoms with Gasteiger partial charge in [0, 0.05) is 11.8 Å². The van der Waals surface area contributed by atoms with E-state index in [2.05, 4.69) is 5.10 Å². The van der Waals surface area contributed by atoms with Crippen molar-refractivity contribution in [2.75, 3.05) is 0 Å². The number of hydrogen-bond acceptors (Lipinski definition) is 5. The van der Waals surface area contributed by atoms with Crippen LogP contribution in [0.5, 0.6) is 0 Å². The van der Waals surface area contributed by atoms with Gasteiger partial charge < -0.3 is 5.11 Å². The van der Waals surface area contributed by atoms with E-state index in [4.69, 9.17) is 5.11 Å². The minimum Gasteiger partial charge on any atom is -0.478 e. The second-order valence-corrected chi connectivity index (χ2v) is 4.41. The summed E-state index contributed by atoms with van der Waals surface area (Å²) in [4.78, 5) is 33.9. The molecular weight excluding hydrogens is 278 g/mol. The van der Waals surface area contributed by atoms with Gasteiger partial charge in [-0.05, 0) is 26.0 Å². The summed E-state index contributed by atoms with van der Waals surface area (Å²) >= 11 is 0. The van der Waals surface area contributed by atoms with E-state index >= 15 is 0 Å². The van der Waals surface area contributed by atoms with Crippen LogP contribution in [0.15, 0.2) is 24.3 Å². The van der Waals surface area contributed by atoms with Crippen molar-refractivity contribution in [1.82, 2.24) is 9.78 Å². The maximum Gasteiger partial charge on any atom is 0.336 e. The number of aryl methyl sites for hydroxylation is 2. The number of carboxylic acid groups (broad SMARTS) is 1. The number of nitro benzene ring substituents is 1. The maximum atomic E-state index is 12.5. The van der Waals surface area contributed by atoms with Crippen molar-refractivity contribution in [3.05, 3.63) is 56.9 Å². The van der Waals surface area contributed by atoms with E-state index in [1.54, 1.807) is 19.9 Å². The van der Waals surface area contributed by atoms with Crippen molar-refractivity contribution in [2.24, 2.45) is 0 Å². The molecule has 2 aromatic rings. The summed E-state index contributed by atoms with van der Waals surface area (Å²) in [5, 5.41) is 24.1. The van der Waals surface area contributed by atoms with Gasteiger partial charge in [-0.25, -0.2) is 9.48 Å². The minimum absolute atomic E-state index is 0.429. The van der Waals surface area contributed by atoms with E-state index in [-0.39, 0.29) is 0 Å². The van der Waals surface area contributed by atoms with E-state index in [9.17, 15) is 19.7 Å². The summed E-state index contributed by atoms with van der Waals surface area (Å²) in [5.74, 6) is -2.26. The Morgan fingerprint density at radius 3 is 2.48 bits per heavy atom. The maximum absolute atomic E-state index is 12.5. The molecule has 8 nitrogen and oxygen atoms in total. The lowest BCUT2D eigenvalue weighted by molar-refractivity contribution is -0.385. The number of aromatic nitrogens is 2. The Bertz CT molecular complexity index is 731. The third kappa shape index (κ3) is 2.50. The molecule has 0 saturated heterocycles. The van der Waals surface area contributed by atoms with Crippen molar-refractivity contribution in [2.45, 2.75) is 13.8 Å². The van der Waals surface area contributed by atoms with E-state index in [1.165, 1.54) is 6.07 Å². The lowest BCUT2D eigenvalue weighted by atomic mass is 10.0. The molecule has 0 aliphatic rings. The Labute approximate surface area is 118 Å². The second-order valence-electron chi connectivity index (χ2n) is 4.41.